The van der Waals surface area contributed by atoms with E-state index in [2.05, 4.69) is 0 Å². The molecule has 1 heterocycles. The topological polar surface area (TPSA) is 96.7 Å². The van der Waals surface area contributed by atoms with Gasteiger partial charge in [-0.15, -0.1) is 0 Å². The van der Waals surface area contributed by atoms with Gasteiger partial charge in [0.1, 0.15) is 35.5 Å². The molecular formula is C21H20F2N2O5S. The largest absolute Gasteiger partial charge is 0.490 e. The van der Waals surface area contributed by atoms with Crippen molar-refractivity contribution in [3.63, 3.8) is 0 Å². The Morgan fingerprint density at radius 2 is 1.77 bits per heavy atom. The normalized spacial score (nSPS) is 15.3. The summed E-state index contributed by atoms with van der Waals surface area (Å²) in [4.78, 5) is 11.5. The van der Waals surface area contributed by atoms with Crippen LogP contribution in [0, 0.1) is 28.9 Å². The molecule has 2 aromatic carbocycles. The fraction of sp³-hybridized carbons (Fsp3) is 0.333. The minimum absolute atomic E-state index is 0.000204. The van der Waals surface area contributed by atoms with Crippen LogP contribution in [0.3, 0.4) is 0 Å². The first-order valence-electron chi connectivity index (χ1n) is 9.56. The molecule has 0 unspecified atom stereocenters. The number of piperidine rings is 1. The van der Waals surface area contributed by atoms with Gasteiger partial charge in [-0.1, -0.05) is 0 Å². The Morgan fingerprint density at radius 3 is 2.42 bits per heavy atom. The van der Waals surface area contributed by atoms with E-state index < -0.39 is 38.4 Å². The minimum Gasteiger partial charge on any atom is -0.490 e. The summed E-state index contributed by atoms with van der Waals surface area (Å²) in [6, 6.07) is 10.8. The van der Waals surface area contributed by atoms with Crippen molar-refractivity contribution in [3.05, 3.63) is 59.7 Å². The number of nitriles is 1. The molecule has 164 valence electrons. The number of ether oxygens (including phenoxy) is 2. The van der Waals surface area contributed by atoms with E-state index in [-0.39, 0.29) is 39.1 Å². The molecule has 2 aromatic rings. The summed E-state index contributed by atoms with van der Waals surface area (Å²) < 4.78 is 64.1. The number of hydrogen-bond donors (Lipinski definition) is 0. The maximum Gasteiger partial charge on any atom is 0.309 e. The predicted molar refractivity (Wildman–Crippen MR) is 105 cm³/mol. The molecule has 1 aliphatic heterocycles. The van der Waals surface area contributed by atoms with Crippen molar-refractivity contribution >= 4 is 16.0 Å². The smallest absolute Gasteiger partial charge is 0.309 e. The SMILES string of the molecule is N#Cc1ccc(OCCOC(=O)C2CCN(S(=O)(=O)c3cc(F)ccc3F)CC2)cc1. The van der Waals surface area contributed by atoms with Gasteiger partial charge < -0.3 is 9.47 Å². The predicted octanol–water partition coefficient (Wildman–Crippen LogP) is 2.86. The zero-order valence-corrected chi connectivity index (χ0v) is 17.3. The van der Waals surface area contributed by atoms with Crippen molar-refractivity contribution in [3.8, 4) is 11.8 Å². The monoisotopic (exact) mass is 450 g/mol. The number of carbonyl (C=O) groups is 1. The van der Waals surface area contributed by atoms with E-state index in [4.69, 9.17) is 14.7 Å². The van der Waals surface area contributed by atoms with Crippen LogP contribution in [-0.2, 0) is 19.6 Å². The molecule has 0 spiro atoms. The molecular weight excluding hydrogens is 430 g/mol. The maximum atomic E-state index is 13.9. The lowest BCUT2D eigenvalue weighted by Gasteiger charge is -2.30. The second kappa shape index (κ2) is 9.85. The highest BCUT2D eigenvalue weighted by Crippen LogP contribution is 2.26. The van der Waals surface area contributed by atoms with Crippen LogP contribution in [0.4, 0.5) is 8.78 Å². The zero-order chi connectivity index (χ0) is 22.4. The van der Waals surface area contributed by atoms with Crippen molar-refractivity contribution in [2.24, 2.45) is 5.92 Å². The third-order valence-electron chi connectivity index (χ3n) is 4.88. The van der Waals surface area contributed by atoms with Crippen LogP contribution in [0.5, 0.6) is 5.75 Å². The molecule has 0 atom stereocenters. The van der Waals surface area contributed by atoms with E-state index in [1.165, 1.54) is 0 Å². The highest BCUT2D eigenvalue weighted by molar-refractivity contribution is 7.89. The van der Waals surface area contributed by atoms with Gasteiger partial charge in [0, 0.05) is 13.1 Å². The summed E-state index contributed by atoms with van der Waals surface area (Å²) >= 11 is 0. The molecule has 31 heavy (non-hydrogen) atoms. The molecule has 10 heteroatoms. The van der Waals surface area contributed by atoms with Gasteiger partial charge >= 0.3 is 5.97 Å². The Kier molecular flexibility index (Phi) is 7.20. The summed E-state index contributed by atoms with van der Waals surface area (Å²) in [5, 5.41) is 8.75. The second-order valence-corrected chi connectivity index (χ2v) is 8.81. The molecule has 0 N–H and O–H groups in total. The van der Waals surface area contributed by atoms with Crippen LogP contribution in [0.25, 0.3) is 0 Å². The number of esters is 1. The van der Waals surface area contributed by atoms with Crippen LogP contribution in [0.2, 0.25) is 0 Å². The Labute approximate surface area is 178 Å². The summed E-state index contributed by atoms with van der Waals surface area (Å²) in [6.07, 6.45) is 0.428. The summed E-state index contributed by atoms with van der Waals surface area (Å²) in [5.74, 6) is -2.28. The van der Waals surface area contributed by atoms with E-state index >= 15 is 0 Å². The molecule has 0 bridgehead atoms. The average Bonchev–Trinajstić information content (AvgIpc) is 2.78. The molecule has 7 nitrogen and oxygen atoms in total. The fourth-order valence-corrected chi connectivity index (χ4v) is 4.74. The Hall–Kier alpha value is -3.03. The van der Waals surface area contributed by atoms with E-state index in [0.717, 1.165) is 16.4 Å². The standard InChI is InChI=1S/C21H20F2N2O5S/c22-17-3-6-19(23)20(13-17)31(27,28)25-9-7-16(8-10-25)21(26)30-12-11-29-18-4-1-15(14-24)2-5-18/h1-6,13,16H,7-12H2. The minimum atomic E-state index is -4.19. The highest BCUT2D eigenvalue weighted by Gasteiger charge is 2.34. The van der Waals surface area contributed by atoms with E-state index in [0.29, 0.717) is 17.4 Å². The lowest BCUT2D eigenvalue weighted by molar-refractivity contribution is -0.150. The summed E-state index contributed by atoms with van der Waals surface area (Å²) in [7, 11) is -4.19. The number of rotatable bonds is 7. The van der Waals surface area contributed by atoms with Crippen LogP contribution in [0.15, 0.2) is 47.4 Å². The van der Waals surface area contributed by atoms with Gasteiger partial charge in [0.25, 0.3) is 0 Å². The molecule has 0 aromatic heterocycles. The molecule has 0 radical (unpaired) electrons. The first kappa shape index (κ1) is 22.7. The van der Waals surface area contributed by atoms with Crippen molar-refractivity contribution < 1.29 is 31.5 Å². The van der Waals surface area contributed by atoms with Crippen LogP contribution < -0.4 is 4.74 Å². The number of sulfonamides is 1. The molecule has 0 saturated carbocycles. The van der Waals surface area contributed by atoms with Crippen LogP contribution in [-0.4, -0.2) is 45.0 Å². The van der Waals surface area contributed by atoms with Gasteiger partial charge in [0.2, 0.25) is 10.0 Å². The summed E-state index contributed by atoms with van der Waals surface area (Å²) in [6.45, 7) is 0.148. The Balaban J connectivity index is 1.46. The van der Waals surface area contributed by atoms with Crippen LogP contribution in [0.1, 0.15) is 18.4 Å². The molecule has 0 aliphatic carbocycles. The van der Waals surface area contributed by atoms with E-state index in [1.54, 1.807) is 24.3 Å². The van der Waals surface area contributed by atoms with Crippen molar-refractivity contribution in [1.29, 1.82) is 5.26 Å². The van der Waals surface area contributed by atoms with Gasteiger partial charge in [0.05, 0.1) is 17.6 Å². The van der Waals surface area contributed by atoms with Crippen LogP contribution >= 0.6 is 0 Å². The highest BCUT2D eigenvalue weighted by atomic mass is 32.2. The fourth-order valence-electron chi connectivity index (χ4n) is 3.19. The number of hydrogen-bond acceptors (Lipinski definition) is 6. The molecule has 3 rings (SSSR count). The first-order valence-corrected chi connectivity index (χ1v) is 11.0. The number of halogens is 2. The van der Waals surface area contributed by atoms with E-state index in [1.807, 2.05) is 6.07 Å². The molecule has 1 fully saturated rings. The van der Waals surface area contributed by atoms with E-state index in [9.17, 15) is 22.0 Å². The Bertz CT molecular complexity index is 1080. The molecule has 0 amide bonds. The third kappa shape index (κ3) is 5.57. The zero-order valence-electron chi connectivity index (χ0n) is 16.5. The van der Waals surface area contributed by atoms with Gasteiger partial charge in [-0.3, -0.25) is 4.79 Å². The van der Waals surface area contributed by atoms with Gasteiger partial charge in [-0.05, 0) is 55.3 Å². The first-order chi connectivity index (χ1) is 14.8. The second-order valence-electron chi connectivity index (χ2n) is 6.91. The lowest BCUT2D eigenvalue weighted by Crippen LogP contribution is -2.41. The van der Waals surface area contributed by atoms with Gasteiger partial charge in [-0.2, -0.15) is 9.57 Å². The van der Waals surface area contributed by atoms with Gasteiger partial charge in [0.15, 0.2) is 0 Å². The Morgan fingerprint density at radius 1 is 1.10 bits per heavy atom. The summed E-state index contributed by atoms with van der Waals surface area (Å²) in [5.41, 5.74) is 0.507. The van der Waals surface area contributed by atoms with Crippen molar-refractivity contribution in [1.82, 2.24) is 4.31 Å². The molecule has 1 saturated heterocycles. The van der Waals surface area contributed by atoms with Crippen molar-refractivity contribution in [2.75, 3.05) is 26.3 Å². The average molecular weight is 450 g/mol. The molecule has 1 aliphatic rings. The van der Waals surface area contributed by atoms with Crippen molar-refractivity contribution in [2.45, 2.75) is 17.7 Å². The number of nitrogens with zero attached hydrogens (tertiary/aromatic N) is 2. The van der Waals surface area contributed by atoms with Gasteiger partial charge in [-0.25, -0.2) is 17.2 Å². The number of benzene rings is 2. The number of carbonyl (C=O) groups excluding carboxylic acids is 1. The quantitative estimate of drug-likeness (QED) is 0.475. The third-order valence-corrected chi connectivity index (χ3v) is 6.79. The lowest BCUT2D eigenvalue weighted by atomic mass is 9.98. The maximum absolute atomic E-state index is 13.9.